The molecule has 6 heteroatoms. The van der Waals surface area contributed by atoms with Gasteiger partial charge < -0.3 is 9.84 Å². The van der Waals surface area contributed by atoms with E-state index in [9.17, 15) is 14.7 Å². The lowest BCUT2D eigenvalue weighted by Gasteiger charge is -2.05. The van der Waals surface area contributed by atoms with Gasteiger partial charge in [-0.15, -0.1) is 23.2 Å². The molecule has 1 aromatic rings. The summed E-state index contributed by atoms with van der Waals surface area (Å²) in [5.74, 6) is -1.87. The van der Waals surface area contributed by atoms with E-state index < -0.39 is 5.97 Å². The molecule has 0 aliphatic heterocycles. The molecular weight excluding hydrogens is 255 g/mol. The molecule has 0 saturated heterocycles. The van der Waals surface area contributed by atoms with Gasteiger partial charge in [0.1, 0.15) is 5.88 Å². The molecule has 1 aromatic carbocycles. The zero-order chi connectivity index (χ0) is 12.1. The van der Waals surface area contributed by atoms with E-state index in [1.165, 1.54) is 18.2 Å². The number of Topliss-reactive ketones (excluding diaryl/α,β-unsaturated/α-hetero) is 1. The average Bonchev–Trinajstić information content (AvgIpc) is 2.30. The van der Waals surface area contributed by atoms with Gasteiger partial charge in [0.2, 0.25) is 0 Å². The van der Waals surface area contributed by atoms with Gasteiger partial charge in [0.05, 0.1) is 5.88 Å². The quantitative estimate of drug-likeness (QED) is 0.390. The van der Waals surface area contributed by atoms with Crippen molar-refractivity contribution in [2.75, 3.05) is 11.8 Å². The van der Waals surface area contributed by atoms with Crippen molar-refractivity contribution in [3.63, 3.8) is 0 Å². The Morgan fingerprint density at radius 3 is 2.44 bits per heavy atom. The van der Waals surface area contributed by atoms with E-state index in [2.05, 4.69) is 0 Å². The van der Waals surface area contributed by atoms with Crippen LogP contribution in [0, 0.1) is 0 Å². The highest BCUT2D eigenvalue weighted by Gasteiger charge is 2.11. The summed E-state index contributed by atoms with van der Waals surface area (Å²) in [6.07, 6.45) is 0. The molecular formula is C10H8Cl2O4. The lowest BCUT2D eigenvalue weighted by atomic mass is 10.1. The number of rotatable bonds is 4. The molecule has 0 spiro atoms. The molecule has 0 aliphatic carbocycles. The zero-order valence-corrected chi connectivity index (χ0v) is 9.59. The smallest absolute Gasteiger partial charge is 0.326 e. The Hall–Kier alpha value is -1.26. The second-order valence-electron chi connectivity index (χ2n) is 2.85. The number of phenolic OH excluding ortho intramolecular Hbond substituents is 1. The Balaban J connectivity index is 2.91. The molecule has 86 valence electrons. The van der Waals surface area contributed by atoms with Gasteiger partial charge in [0.25, 0.3) is 0 Å². The fraction of sp³-hybridized carbons (Fsp3) is 0.200. The standard InChI is InChI=1S/C10H8Cl2O4/c11-4-8(14)6-1-2-9(7(13)3-6)16-10(15)5-12/h1-3,13H,4-5H2. The molecule has 0 fully saturated rings. The summed E-state index contributed by atoms with van der Waals surface area (Å²) < 4.78 is 4.70. The van der Waals surface area contributed by atoms with Gasteiger partial charge in [0, 0.05) is 5.56 Å². The number of halogens is 2. The topological polar surface area (TPSA) is 63.6 Å². The lowest BCUT2D eigenvalue weighted by Crippen LogP contribution is -2.09. The number of benzene rings is 1. The Morgan fingerprint density at radius 2 is 1.94 bits per heavy atom. The Labute approximate surface area is 102 Å². The maximum Gasteiger partial charge on any atom is 0.326 e. The van der Waals surface area contributed by atoms with E-state index >= 15 is 0 Å². The van der Waals surface area contributed by atoms with E-state index in [1.807, 2.05) is 0 Å². The van der Waals surface area contributed by atoms with Gasteiger partial charge in [-0.1, -0.05) is 0 Å². The third kappa shape index (κ3) is 3.12. The van der Waals surface area contributed by atoms with Crippen molar-refractivity contribution >= 4 is 35.0 Å². The van der Waals surface area contributed by atoms with Crippen molar-refractivity contribution in [2.45, 2.75) is 0 Å². The number of carbonyl (C=O) groups excluding carboxylic acids is 2. The van der Waals surface area contributed by atoms with Crippen LogP contribution in [0.15, 0.2) is 18.2 Å². The third-order valence-electron chi connectivity index (χ3n) is 1.74. The number of alkyl halides is 2. The molecule has 1 rings (SSSR count). The molecule has 0 bridgehead atoms. The van der Waals surface area contributed by atoms with Crippen LogP contribution in [0.4, 0.5) is 0 Å². The van der Waals surface area contributed by atoms with Gasteiger partial charge in [-0.25, -0.2) is 0 Å². The van der Waals surface area contributed by atoms with Crippen molar-refractivity contribution in [2.24, 2.45) is 0 Å². The first kappa shape index (κ1) is 12.8. The van der Waals surface area contributed by atoms with Gasteiger partial charge in [-0.2, -0.15) is 0 Å². The predicted octanol–water partition coefficient (Wildman–Crippen LogP) is 1.96. The highest BCUT2D eigenvalue weighted by molar-refractivity contribution is 6.30. The second kappa shape index (κ2) is 5.72. The molecule has 4 nitrogen and oxygen atoms in total. The van der Waals surface area contributed by atoms with E-state index in [4.69, 9.17) is 27.9 Å². The Morgan fingerprint density at radius 1 is 1.25 bits per heavy atom. The molecule has 0 atom stereocenters. The first-order chi connectivity index (χ1) is 7.58. The Bertz CT molecular complexity index is 417. The molecule has 0 amide bonds. The predicted molar refractivity (Wildman–Crippen MR) is 59.5 cm³/mol. The molecule has 1 N–H and O–H groups in total. The fourth-order valence-electron chi connectivity index (χ4n) is 1.00. The minimum atomic E-state index is -0.687. The maximum absolute atomic E-state index is 11.2. The van der Waals surface area contributed by atoms with Crippen LogP contribution >= 0.6 is 23.2 Å². The van der Waals surface area contributed by atoms with Crippen molar-refractivity contribution < 1.29 is 19.4 Å². The fourth-order valence-corrected chi connectivity index (χ4v) is 1.21. The van der Waals surface area contributed by atoms with Crippen LogP contribution in [-0.4, -0.2) is 28.6 Å². The van der Waals surface area contributed by atoms with Gasteiger partial charge >= 0.3 is 5.97 Å². The molecule has 0 unspecified atom stereocenters. The first-order valence-electron chi connectivity index (χ1n) is 4.27. The van der Waals surface area contributed by atoms with Crippen molar-refractivity contribution in [3.8, 4) is 11.5 Å². The molecule has 16 heavy (non-hydrogen) atoms. The monoisotopic (exact) mass is 262 g/mol. The number of esters is 1. The summed E-state index contributed by atoms with van der Waals surface area (Å²) in [5, 5.41) is 9.46. The minimum Gasteiger partial charge on any atom is -0.504 e. The van der Waals surface area contributed by atoms with Crippen LogP contribution in [0.25, 0.3) is 0 Å². The lowest BCUT2D eigenvalue weighted by molar-refractivity contribution is -0.131. The SMILES string of the molecule is O=C(CCl)Oc1ccc(C(=O)CCl)cc1O. The number of aromatic hydroxyl groups is 1. The van der Waals surface area contributed by atoms with Crippen molar-refractivity contribution in [1.29, 1.82) is 0 Å². The number of ketones is 1. The van der Waals surface area contributed by atoms with Gasteiger partial charge in [-0.3, -0.25) is 9.59 Å². The normalized spacial score (nSPS) is 9.88. The largest absolute Gasteiger partial charge is 0.504 e. The number of phenols is 1. The highest BCUT2D eigenvalue weighted by Crippen LogP contribution is 2.27. The van der Waals surface area contributed by atoms with Gasteiger partial charge in [0.15, 0.2) is 17.3 Å². The third-order valence-corrected chi connectivity index (χ3v) is 2.20. The van der Waals surface area contributed by atoms with Crippen LogP contribution < -0.4 is 4.74 Å². The minimum absolute atomic E-state index is 0.0447. The highest BCUT2D eigenvalue weighted by atomic mass is 35.5. The summed E-state index contributed by atoms with van der Waals surface area (Å²) in [6, 6.07) is 3.89. The van der Waals surface area contributed by atoms with Crippen LogP contribution in [-0.2, 0) is 4.79 Å². The molecule has 0 radical (unpaired) electrons. The summed E-state index contributed by atoms with van der Waals surface area (Å²) in [6.45, 7) is 0. The van der Waals surface area contributed by atoms with Crippen LogP contribution in [0.3, 0.4) is 0 Å². The van der Waals surface area contributed by atoms with E-state index in [-0.39, 0.29) is 34.6 Å². The second-order valence-corrected chi connectivity index (χ2v) is 3.38. The van der Waals surface area contributed by atoms with Crippen LogP contribution in [0.1, 0.15) is 10.4 Å². The number of carbonyl (C=O) groups is 2. The van der Waals surface area contributed by atoms with Crippen molar-refractivity contribution in [1.82, 2.24) is 0 Å². The number of ether oxygens (including phenoxy) is 1. The maximum atomic E-state index is 11.2. The number of hydrogen-bond acceptors (Lipinski definition) is 4. The van der Waals surface area contributed by atoms with Crippen molar-refractivity contribution in [3.05, 3.63) is 23.8 Å². The van der Waals surface area contributed by atoms with Gasteiger partial charge in [-0.05, 0) is 18.2 Å². The van der Waals surface area contributed by atoms with E-state index in [0.717, 1.165) is 0 Å². The average molecular weight is 263 g/mol. The summed E-state index contributed by atoms with van der Waals surface area (Å²) in [7, 11) is 0. The van der Waals surface area contributed by atoms with Crippen LogP contribution in [0.2, 0.25) is 0 Å². The molecule has 0 saturated carbocycles. The van der Waals surface area contributed by atoms with E-state index in [1.54, 1.807) is 0 Å². The Kier molecular flexibility index (Phi) is 4.58. The molecule has 0 heterocycles. The summed E-state index contributed by atoms with van der Waals surface area (Å²) in [4.78, 5) is 22.0. The number of hydrogen-bond donors (Lipinski definition) is 1. The molecule has 0 aliphatic rings. The first-order valence-corrected chi connectivity index (χ1v) is 5.34. The zero-order valence-electron chi connectivity index (χ0n) is 8.07. The molecule has 0 aromatic heterocycles. The van der Waals surface area contributed by atoms with Crippen LogP contribution in [0.5, 0.6) is 11.5 Å². The summed E-state index contributed by atoms with van der Waals surface area (Å²) in [5.41, 5.74) is 0.248. The van der Waals surface area contributed by atoms with E-state index in [0.29, 0.717) is 0 Å². The summed E-state index contributed by atoms with van der Waals surface area (Å²) >= 11 is 10.6.